The molecule has 0 bridgehead atoms. The molecule has 0 aliphatic rings. The molecule has 116 valence electrons. The monoisotopic (exact) mass is 304 g/mol. The number of rotatable bonds is 1. The van der Waals surface area contributed by atoms with Gasteiger partial charge in [-0.2, -0.15) is 0 Å². The molecule has 3 nitrogen and oxygen atoms in total. The number of phenols is 1. The Labute approximate surface area is 135 Å². The van der Waals surface area contributed by atoms with Gasteiger partial charge in [-0.3, -0.25) is 4.98 Å². The van der Waals surface area contributed by atoms with Crippen LogP contribution in [0.15, 0.2) is 36.7 Å². The number of aryl methyl sites for hydroxylation is 2. The molecule has 0 aliphatic carbocycles. The van der Waals surface area contributed by atoms with Crippen LogP contribution in [0, 0.1) is 13.8 Å². The minimum absolute atomic E-state index is 0.309. The Morgan fingerprint density at radius 2 is 1.78 bits per heavy atom. The first kappa shape index (κ1) is 14.1. The fourth-order valence-corrected chi connectivity index (χ4v) is 3.87. The molecular formula is C20H20N2O. The Kier molecular flexibility index (Phi) is 2.89. The van der Waals surface area contributed by atoms with Crippen molar-refractivity contribution in [3.8, 4) is 5.75 Å². The summed E-state index contributed by atoms with van der Waals surface area (Å²) in [5.41, 5.74) is 4.93. The number of nitrogens with zero attached hydrogens (tertiary/aromatic N) is 2. The van der Waals surface area contributed by atoms with E-state index in [1.165, 1.54) is 38.3 Å². The standard InChI is InChI=1S/C20H20N2O/c1-11(2)22-18-6-5-14(23)9-16(18)19-12(3)17-10-21-8-7-15(17)13(4)20(19)22/h5-11,23H,1-4H3. The Balaban J connectivity index is 2.40. The second kappa shape index (κ2) is 4.72. The van der Waals surface area contributed by atoms with Gasteiger partial charge in [0.15, 0.2) is 0 Å². The maximum Gasteiger partial charge on any atom is 0.116 e. The first-order valence-corrected chi connectivity index (χ1v) is 8.00. The van der Waals surface area contributed by atoms with Crippen LogP contribution in [-0.2, 0) is 0 Å². The number of hydrogen-bond donors (Lipinski definition) is 1. The number of benzene rings is 2. The predicted octanol–water partition coefficient (Wildman–Crippen LogP) is 5.25. The van der Waals surface area contributed by atoms with E-state index in [-0.39, 0.29) is 0 Å². The van der Waals surface area contributed by atoms with Crippen molar-refractivity contribution in [2.75, 3.05) is 0 Å². The molecule has 0 saturated carbocycles. The van der Waals surface area contributed by atoms with E-state index >= 15 is 0 Å². The van der Waals surface area contributed by atoms with Gasteiger partial charge < -0.3 is 9.67 Å². The van der Waals surface area contributed by atoms with E-state index in [1.54, 1.807) is 6.07 Å². The van der Waals surface area contributed by atoms with E-state index in [9.17, 15) is 5.11 Å². The first-order chi connectivity index (χ1) is 11.0. The molecule has 0 radical (unpaired) electrons. The molecule has 23 heavy (non-hydrogen) atoms. The third-order valence-corrected chi connectivity index (χ3v) is 4.86. The summed E-state index contributed by atoms with van der Waals surface area (Å²) in [6, 6.07) is 8.11. The van der Waals surface area contributed by atoms with Crippen LogP contribution in [0.25, 0.3) is 32.6 Å². The highest BCUT2D eigenvalue weighted by molar-refractivity contribution is 6.17. The molecule has 2 heterocycles. The number of phenolic OH excluding ortho intramolecular Hbond substituents is 1. The van der Waals surface area contributed by atoms with E-state index in [1.807, 2.05) is 24.5 Å². The van der Waals surface area contributed by atoms with E-state index in [4.69, 9.17) is 0 Å². The number of pyridine rings is 1. The third-order valence-electron chi connectivity index (χ3n) is 4.86. The lowest BCUT2D eigenvalue weighted by Crippen LogP contribution is -2.01. The zero-order valence-electron chi connectivity index (χ0n) is 13.9. The van der Waals surface area contributed by atoms with Gasteiger partial charge in [-0.1, -0.05) is 0 Å². The van der Waals surface area contributed by atoms with Crippen LogP contribution < -0.4 is 0 Å². The molecule has 3 heteroatoms. The van der Waals surface area contributed by atoms with Crippen LogP contribution in [0.4, 0.5) is 0 Å². The van der Waals surface area contributed by atoms with Gasteiger partial charge in [-0.05, 0) is 68.5 Å². The SMILES string of the molecule is Cc1c2cnccc2c(C)c2c1c1cc(O)ccc1n2C(C)C. The molecule has 1 N–H and O–H groups in total. The molecule has 0 spiro atoms. The van der Waals surface area contributed by atoms with Crippen molar-refractivity contribution in [3.05, 3.63) is 47.8 Å². The highest BCUT2D eigenvalue weighted by atomic mass is 16.3. The van der Waals surface area contributed by atoms with E-state index in [0.717, 1.165) is 5.39 Å². The normalized spacial score (nSPS) is 12.0. The van der Waals surface area contributed by atoms with Crippen molar-refractivity contribution >= 4 is 32.6 Å². The summed E-state index contributed by atoms with van der Waals surface area (Å²) in [7, 11) is 0. The smallest absolute Gasteiger partial charge is 0.116 e. The Morgan fingerprint density at radius 1 is 1.00 bits per heavy atom. The number of fused-ring (bicyclic) bond motifs is 4. The number of aromatic nitrogens is 2. The molecule has 2 aromatic heterocycles. The quantitative estimate of drug-likeness (QED) is 0.522. The summed E-state index contributed by atoms with van der Waals surface area (Å²) >= 11 is 0. The van der Waals surface area contributed by atoms with Gasteiger partial charge in [0.1, 0.15) is 5.75 Å². The van der Waals surface area contributed by atoms with Crippen LogP contribution in [0.1, 0.15) is 31.0 Å². The average molecular weight is 304 g/mol. The Hall–Kier alpha value is -2.55. The molecular weight excluding hydrogens is 284 g/mol. The molecule has 0 atom stereocenters. The largest absolute Gasteiger partial charge is 0.508 e. The van der Waals surface area contributed by atoms with Crippen LogP contribution in [-0.4, -0.2) is 14.7 Å². The zero-order valence-corrected chi connectivity index (χ0v) is 13.9. The summed E-state index contributed by atoms with van der Waals surface area (Å²) in [5.74, 6) is 0.309. The molecule has 0 unspecified atom stereocenters. The lowest BCUT2D eigenvalue weighted by Gasteiger charge is -2.15. The lowest BCUT2D eigenvalue weighted by molar-refractivity contribution is 0.476. The van der Waals surface area contributed by atoms with Gasteiger partial charge in [-0.25, -0.2) is 0 Å². The molecule has 0 fully saturated rings. The van der Waals surface area contributed by atoms with Gasteiger partial charge in [-0.15, -0.1) is 0 Å². The summed E-state index contributed by atoms with van der Waals surface area (Å²) in [6.07, 6.45) is 3.80. The number of aromatic hydroxyl groups is 1. The Morgan fingerprint density at radius 3 is 2.52 bits per heavy atom. The van der Waals surface area contributed by atoms with Gasteiger partial charge in [0.2, 0.25) is 0 Å². The van der Waals surface area contributed by atoms with Crippen LogP contribution >= 0.6 is 0 Å². The Bertz CT molecular complexity index is 1070. The predicted molar refractivity (Wildman–Crippen MR) is 96.3 cm³/mol. The molecule has 0 saturated heterocycles. The maximum atomic E-state index is 9.99. The summed E-state index contributed by atoms with van der Waals surface area (Å²) in [5, 5.41) is 14.8. The lowest BCUT2D eigenvalue weighted by atomic mass is 9.97. The van der Waals surface area contributed by atoms with Crippen molar-refractivity contribution in [3.63, 3.8) is 0 Å². The minimum Gasteiger partial charge on any atom is -0.508 e. The van der Waals surface area contributed by atoms with E-state index in [0.29, 0.717) is 11.8 Å². The third kappa shape index (κ3) is 1.79. The highest BCUT2D eigenvalue weighted by Gasteiger charge is 2.19. The van der Waals surface area contributed by atoms with Crippen molar-refractivity contribution in [2.24, 2.45) is 0 Å². The molecule has 0 amide bonds. The summed E-state index contributed by atoms with van der Waals surface area (Å²) < 4.78 is 2.38. The summed E-state index contributed by atoms with van der Waals surface area (Å²) in [6.45, 7) is 8.75. The van der Waals surface area contributed by atoms with Crippen LogP contribution in [0.2, 0.25) is 0 Å². The minimum atomic E-state index is 0.309. The van der Waals surface area contributed by atoms with Gasteiger partial charge in [0, 0.05) is 40.1 Å². The van der Waals surface area contributed by atoms with Gasteiger partial charge in [0.25, 0.3) is 0 Å². The van der Waals surface area contributed by atoms with Gasteiger partial charge in [0.05, 0.1) is 5.52 Å². The van der Waals surface area contributed by atoms with Crippen molar-refractivity contribution < 1.29 is 5.11 Å². The van der Waals surface area contributed by atoms with Crippen molar-refractivity contribution in [1.29, 1.82) is 0 Å². The van der Waals surface area contributed by atoms with Crippen molar-refractivity contribution in [1.82, 2.24) is 9.55 Å². The van der Waals surface area contributed by atoms with E-state index < -0.39 is 0 Å². The second-order valence-electron chi connectivity index (χ2n) is 6.56. The van der Waals surface area contributed by atoms with Crippen LogP contribution in [0.3, 0.4) is 0 Å². The molecule has 2 aromatic carbocycles. The topological polar surface area (TPSA) is 38.1 Å². The molecule has 0 aliphatic heterocycles. The average Bonchev–Trinajstić information content (AvgIpc) is 2.87. The number of hydrogen-bond acceptors (Lipinski definition) is 2. The maximum absolute atomic E-state index is 9.99. The fourth-order valence-electron chi connectivity index (χ4n) is 3.87. The summed E-state index contributed by atoms with van der Waals surface area (Å²) in [4.78, 5) is 4.30. The first-order valence-electron chi connectivity index (χ1n) is 8.00. The van der Waals surface area contributed by atoms with Gasteiger partial charge >= 0.3 is 0 Å². The van der Waals surface area contributed by atoms with E-state index in [2.05, 4.69) is 43.3 Å². The molecule has 4 rings (SSSR count). The van der Waals surface area contributed by atoms with Crippen LogP contribution in [0.5, 0.6) is 5.75 Å². The zero-order chi connectivity index (χ0) is 16.3. The second-order valence-corrected chi connectivity index (χ2v) is 6.56. The highest BCUT2D eigenvalue weighted by Crippen LogP contribution is 2.40. The fraction of sp³-hybridized carbons (Fsp3) is 0.250. The molecule has 4 aromatic rings. The van der Waals surface area contributed by atoms with Crippen molar-refractivity contribution in [2.45, 2.75) is 33.7 Å².